The van der Waals surface area contributed by atoms with Crippen LogP contribution in [0.2, 0.25) is 5.02 Å². The van der Waals surface area contributed by atoms with Gasteiger partial charge in [-0.25, -0.2) is 4.39 Å². The average Bonchev–Trinajstić information content (AvgIpc) is 3.32. The Morgan fingerprint density at radius 3 is 2.44 bits per heavy atom. The van der Waals surface area contributed by atoms with E-state index in [1.807, 2.05) is 12.1 Å². The molecule has 0 radical (unpaired) electrons. The first-order chi connectivity index (χ1) is 16.4. The molecule has 2 aliphatic carbocycles. The predicted octanol–water partition coefficient (Wildman–Crippen LogP) is 4.37. The smallest absolute Gasteiger partial charge is 0.237 e. The molecule has 2 aromatic rings. The Bertz CT molecular complexity index is 963. The van der Waals surface area contributed by atoms with Crippen LogP contribution in [0.4, 0.5) is 10.1 Å². The number of halogens is 2. The van der Waals surface area contributed by atoms with Gasteiger partial charge >= 0.3 is 0 Å². The summed E-state index contributed by atoms with van der Waals surface area (Å²) in [4.78, 5) is 17.0. The lowest BCUT2D eigenvalue weighted by Gasteiger charge is -2.35. The van der Waals surface area contributed by atoms with Crippen molar-refractivity contribution in [2.75, 3.05) is 11.9 Å². The van der Waals surface area contributed by atoms with Gasteiger partial charge < -0.3 is 21.5 Å². The van der Waals surface area contributed by atoms with Gasteiger partial charge in [-0.3, -0.25) is 9.78 Å². The minimum atomic E-state index is -0.643. The molecule has 184 valence electrons. The van der Waals surface area contributed by atoms with Crippen molar-refractivity contribution in [3.8, 4) is 0 Å². The summed E-state index contributed by atoms with van der Waals surface area (Å²) >= 11 is 6.38. The Balaban J connectivity index is 1.30. The predicted molar refractivity (Wildman–Crippen MR) is 132 cm³/mol. The van der Waals surface area contributed by atoms with Gasteiger partial charge in [-0.1, -0.05) is 30.5 Å². The first kappa shape index (κ1) is 24.9. The van der Waals surface area contributed by atoms with Crippen LogP contribution >= 0.6 is 11.6 Å². The minimum Gasteiger partial charge on any atom is -0.374 e. The van der Waals surface area contributed by atoms with Crippen LogP contribution in [0.15, 0.2) is 42.7 Å². The van der Waals surface area contributed by atoms with Gasteiger partial charge in [0.15, 0.2) is 0 Å². The number of aromatic nitrogens is 1. The maximum absolute atomic E-state index is 13.6. The number of aliphatic hydroxyl groups is 1. The normalized spacial score (nSPS) is 23.8. The fourth-order valence-electron chi connectivity index (χ4n) is 5.66. The number of nitrogens with zero attached hydrogens (tertiary/aromatic N) is 1. The molecule has 0 aliphatic heterocycles. The van der Waals surface area contributed by atoms with Gasteiger partial charge in [-0.15, -0.1) is 0 Å². The Morgan fingerprint density at radius 2 is 1.79 bits per heavy atom. The highest BCUT2D eigenvalue weighted by Crippen LogP contribution is 2.43. The molecule has 34 heavy (non-hydrogen) atoms. The van der Waals surface area contributed by atoms with Gasteiger partial charge in [0.1, 0.15) is 12.0 Å². The van der Waals surface area contributed by atoms with E-state index in [1.165, 1.54) is 12.1 Å². The van der Waals surface area contributed by atoms with Gasteiger partial charge in [0.25, 0.3) is 0 Å². The summed E-state index contributed by atoms with van der Waals surface area (Å²) in [6.07, 6.45) is 9.84. The van der Waals surface area contributed by atoms with Crippen molar-refractivity contribution < 1.29 is 14.3 Å². The number of hydrogen-bond donors (Lipinski definition) is 4. The summed E-state index contributed by atoms with van der Waals surface area (Å²) < 4.78 is 13.6. The molecule has 1 amide bonds. The second-order valence-electron chi connectivity index (χ2n) is 9.86. The summed E-state index contributed by atoms with van der Waals surface area (Å²) in [5, 5.41) is 17.2. The molecule has 8 heteroatoms. The summed E-state index contributed by atoms with van der Waals surface area (Å²) in [7, 11) is 0. The number of benzene rings is 1. The fraction of sp³-hybridized carbons (Fsp3) is 0.538. The number of nitrogens with one attached hydrogen (secondary N) is 2. The maximum atomic E-state index is 13.6. The van der Waals surface area contributed by atoms with Crippen molar-refractivity contribution in [3.63, 3.8) is 0 Å². The van der Waals surface area contributed by atoms with E-state index in [0.29, 0.717) is 11.6 Å². The van der Waals surface area contributed by atoms with Gasteiger partial charge in [0, 0.05) is 41.0 Å². The summed E-state index contributed by atoms with van der Waals surface area (Å²) in [5.41, 5.74) is 7.84. The van der Waals surface area contributed by atoms with Crippen LogP contribution < -0.4 is 16.4 Å². The van der Waals surface area contributed by atoms with Crippen molar-refractivity contribution in [2.45, 2.75) is 69.1 Å². The lowest BCUT2D eigenvalue weighted by Crippen LogP contribution is -2.50. The molecule has 2 aliphatic rings. The van der Waals surface area contributed by atoms with E-state index in [4.69, 9.17) is 17.3 Å². The zero-order valence-corrected chi connectivity index (χ0v) is 20.1. The molecular formula is C26H34ClFN4O2. The molecule has 0 spiro atoms. The van der Waals surface area contributed by atoms with Gasteiger partial charge in [0.2, 0.25) is 5.91 Å². The lowest BCUT2D eigenvalue weighted by atomic mass is 9.77. The largest absolute Gasteiger partial charge is 0.374 e. The summed E-state index contributed by atoms with van der Waals surface area (Å²) in [6, 6.07) is 7.60. The highest BCUT2D eigenvalue weighted by atomic mass is 35.5. The van der Waals surface area contributed by atoms with E-state index in [2.05, 4.69) is 15.6 Å². The van der Waals surface area contributed by atoms with Crippen LogP contribution in [0, 0.1) is 17.7 Å². The number of carbonyl (C=O) groups is 1. The zero-order chi connectivity index (χ0) is 24.1. The van der Waals surface area contributed by atoms with Crippen molar-refractivity contribution >= 4 is 23.2 Å². The zero-order valence-electron chi connectivity index (χ0n) is 19.4. The highest BCUT2D eigenvalue weighted by molar-refractivity contribution is 6.31. The van der Waals surface area contributed by atoms with Crippen LogP contribution in [0.3, 0.4) is 0 Å². The van der Waals surface area contributed by atoms with Crippen LogP contribution in [0.25, 0.3) is 0 Å². The number of hydrogen-bond acceptors (Lipinski definition) is 5. The third-order valence-corrected chi connectivity index (χ3v) is 8.05. The molecule has 2 fully saturated rings. The van der Waals surface area contributed by atoms with Crippen LogP contribution in [-0.2, 0) is 10.2 Å². The standard InChI is InChI=1S/C26H34ClFN4O2/c27-22-15-19(28)7-8-21(22)26(11-1-2-12-26)16-31-25(34)23(29)17-3-5-18(6-4-17)24(33)32-20-9-13-30-14-10-20/h7-10,13-15,17-18,23-24,33H,1-6,11-12,16,29H2,(H,30,32)(H,31,34). The highest BCUT2D eigenvalue weighted by Gasteiger charge is 2.39. The molecule has 0 saturated heterocycles. The lowest BCUT2D eigenvalue weighted by molar-refractivity contribution is -0.124. The first-order valence-electron chi connectivity index (χ1n) is 12.2. The van der Waals surface area contributed by atoms with Crippen LogP contribution in [0.1, 0.15) is 56.9 Å². The molecule has 5 N–H and O–H groups in total. The van der Waals surface area contributed by atoms with Gasteiger partial charge in [-0.05, 0) is 74.3 Å². The number of rotatable bonds is 8. The van der Waals surface area contributed by atoms with Crippen molar-refractivity contribution in [1.29, 1.82) is 0 Å². The van der Waals surface area contributed by atoms with E-state index in [1.54, 1.807) is 18.5 Å². The third-order valence-electron chi connectivity index (χ3n) is 7.73. The molecule has 1 aromatic carbocycles. The van der Waals surface area contributed by atoms with E-state index in [0.717, 1.165) is 62.6 Å². The van der Waals surface area contributed by atoms with Gasteiger partial charge in [0.05, 0.1) is 6.04 Å². The quantitative estimate of drug-likeness (QED) is 0.413. The molecule has 2 unspecified atom stereocenters. The monoisotopic (exact) mass is 488 g/mol. The van der Waals surface area contributed by atoms with E-state index in [-0.39, 0.29) is 29.0 Å². The van der Waals surface area contributed by atoms with Crippen molar-refractivity contribution in [1.82, 2.24) is 10.3 Å². The SMILES string of the molecule is NC(C(=O)NCC1(c2ccc(F)cc2Cl)CCCC1)C1CCC(C(O)Nc2ccncc2)CC1. The third kappa shape index (κ3) is 5.70. The number of anilines is 1. The first-order valence-corrected chi connectivity index (χ1v) is 12.6. The minimum absolute atomic E-state index is 0.0818. The van der Waals surface area contributed by atoms with E-state index in [9.17, 15) is 14.3 Å². The second-order valence-corrected chi connectivity index (χ2v) is 10.3. The molecule has 2 atom stereocenters. The second kappa shape index (κ2) is 11.0. The number of aliphatic hydroxyl groups excluding tert-OH is 1. The molecule has 1 aromatic heterocycles. The molecule has 6 nitrogen and oxygen atoms in total. The number of carbonyl (C=O) groups excluding carboxylic acids is 1. The Hall–Kier alpha value is -2.22. The fourth-order valence-corrected chi connectivity index (χ4v) is 6.03. The average molecular weight is 489 g/mol. The number of pyridine rings is 1. The molecule has 2 saturated carbocycles. The Kier molecular flexibility index (Phi) is 8.06. The van der Waals surface area contributed by atoms with Crippen molar-refractivity contribution in [2.24, 2.45) is 17.6 Å². The Morgan fingerprint density at radius 1 is 1.15 bits per heavy atom. The molecule has 4 rings (SSSR count). The molecule has 0 bridgehead atoms. The van der Waals surface area contributed by atoms with Gasteiger partial charge in [-0.2, -0.15) is 0 Å². The van der Waals surface area contributed by atoms with E-state index < -0.39 is 12.3 Å². The van der Waals surface area contributed by atoms with Crippen LogP contribution in [0.5, 0.6) is 0 Å². The van der Waals surface area contributed by atoms with E-state index >= 15 is 0 Å². The summed E-state index contributed by atoms with van der Waals surface area (Å²) in [5.74, 6) is -0.312. The van der Waals surface area contributed by atoms with Crippen LogP contribution in [-0.4, -0.2) is 34.8 Å². The summed E-state index contributed by atoms with van der Waals surface area (Å²) in [6.45, 7) is 0.453. The number of nitrogens with two attached hydrogens (primary N) is 1. The Labute approximate surface area is 205 Å². The number of amides is 1. The molecule has 1 heterocycles. The van der Waals surface area contributed by atoms with Crippen molar-refractivity contribution in [3.05, 3.63) is 59.1 Å². The molecular weight excluding hydrogens is 455 g/mol. The topological polar surface area (TPSA) is 100 Å². The maximum Gasteiger partial charge on any atom is 0.237 e.